The van der Waals surface area contributed by atoms with Crippen LogP contribution in [0.15, 0.2) is 42.6 Å². The number of rotatable bonds is 2. The molecule has 0 saturated carbocycles. The van der Waals surface area contributed by atoms with Gasteiger partial charge in [-0.1, -0.05) is 0 Å². The molecule has 2 rings (SSSR count). The summed E-state index contributed by atoms with van der Waals surface area (Å²) in [6.07, 6.45) is 1.76. The maximum atomic E-state index is 8.89. The van der Waals surface area contributed by atoms with Gasteiger partial charge < -0.3 is 0 Å². The molecule has 14 heavy (non-hydrogen) atoms. The molecule has 0 fully saturated rings. The van der Waals surface area contributed by atoms with Gasteiger partial charge in [-0.3, -0.25) is 0 Å². The summed E-state index contributed by atoms with van der Waals surface area (Å²) in [6.45, 7) is 0.0906. The number of nitrogens with zero attached hydrogens (tertiary/aromatic N) is 1. The summed E-state index contributed by atoms with van der Waals surface area (Å²) in [7, 11) is 1.83. The van der Waals surface area contributed by atoms with Gasteiger partial charge in [0, 0.05) is 0 Å². The summed E-state index contributed by atoms with van der Waals surface area (Å²) in [4.78, 5) is 4.05. The van der Waals surface area contributed by atoms with E-state index >= 15 is 0 Å². The molecule has 0 aliphatic rings. The summed E-state index contributed by atoms with van der Waals surface area (Å²) < 4.78 is 0. The Morgan fingerprint density at radius 3 is 2.50 bits per heavy atom. The fraction of sp³-hybridized carbons (Fsp3) is 0.0909. The Hall–Kier alpha value is -1.48. The summed E-state index contributed by atoms with van der Waals surface area (Å²) in [5.41, 5.74) is 3.14. The first-order valence-electron chi connectivity index (χ1n) is 4.50. The van der Waals surface area contributed by atoms with Crippen LogP contribution >= 0.6 is 0 Å². The van der Waals surface area contributed by atoms with E-state index < -0.39 is 0 Å². The van der Waals surface area contributed by atoms with Crippen molar-refractivity contribution in [1.29, 1.82) is 0 Å². The van der Waals surface area contributed by atoms with Crippen LogP contribution in [0.25, 0.3) is 11.0 Å². The Kier molecular flexibility index (Phi) is 2.70. The van der Waals surface area contributed by atoms with Gasteiger partial charge in [-0.2, -0.15) is 0 Å². The quantitative estimate of drug-likeness (QED) is 0.766. The van der Waals surface area contributed by atoms with Crippen LogP contribution in [0.3, 0.4) is 0 Å². The molecule has 0 unspecified atom stereocenters. The van der Waals surface area contributed by atoms with Crippen LogP contribution in [0.4, 0.5) is 0 Å². The van der Waals surface area contributed by atoms with Crippen LogP contribution in [0, 0.1) is 0 Å². The number of aliphatic hydroxyl groups is 1. The van der Waals surface area contributed by atoms with Gasteiger partial charge in [-0.15, -0.1) is 0 Å². The Morgan fingerprint density at radius 1 is 1.14 bits per heavy atom. The van der Waals surface area contributed by atoms with Crippen molar-refractivity contribution in [3.63, 3.8) is 0 Å². The SMILES string of the molecule is OCc1ccc(-c2bnccc2)cc1. The molecule has 0 amide bonds. The average Bonchev–Trinajstić information content (AvgIpc) is 2.30. The first-order valence-corrected chi connectivity index (χ1v) is 4.50. The van der Waals surface area contributed by atoms with Gasteiger partial charge in [-0.25, -0.2) is 0 Å². The van der Waals surface area contributed by atoms with Crippen molar-refractivity contribution in [2.24, 2.45) is 0 Å². The Labute approximate surface area is 83.5 Å². The monoisotopic (exact) mass is 183 g/mol. The van der Waals surface area contributed by atoms with Gasteiger partial charge in [0.1, 0.15) is 0 Å². The molecule has 1 N–H and O–H groups in total. The molecule has 0 bridgehead atoms. The van der Waals surface area contributed by atoms with E-state index in [1.165, 1.54) is 0 Å². The second kappa shape index (κ2) is 4.16. The Morgan fingerprint density at radius 2 is 1.93 bits per heavy atom. The first kappa shape index (κ1) is 9.09. The second-order valence-corrected chi connectivity index (χ2v) is 3.10. The normalized spacial score (nSPS) is 9.79. The van der Waals surface area contributed by atoms with Crippen LogP contribution < -0.4 is 0 Å². The summed E-state index contributed by atoms with van der Waals surface area (Å²) in [6, 6.07) is 11.7. The van der Waals surface area contributed by atoms with Crippen LogP contribution in [0.2, 0.25) is 0 Å². The molecule has 0 aliphatic carbocycles. The average molecular weight is 183 g/mol. The van der Waals surface area contributed by atoms with Crippen LogP contribution in [0.1, 0.15) is 5.56 Å². The molecule has 1 aromatic heterocycles. The minimum atomic E-state index is 0.0906. The van der Waals surface area contributed by atoms with E-state index in [-0.39, 0.29) is 6.61 Å². The van der Waals surface area contributed by atoms with Gasteiger partial charge >= 0.3 is 82.8 Å². The molecule has 0 spiro atoms. The van der Waals surface area contributed by atoms with E-state index in [0.29, 0.717) is 0 Å². The number of benzene rings is 1. The van der Waals surface area contributed by atoms with Crippen molar-refractivity contribution in [3.8, 4) is 11.0 Å². The van der Waals surface area contributed by atoms with Crippen molar-refractivity contribution in [2.75, 3.05) is 0 Å². The molecule has 3 heteroatoms. The molecule has 1 aromatic carbocycles. The first-order chi connectivity index (χ1) is 6.90. The Balaban J connectivity index is 2.34. The van der Waals surface area contributed by atoms with E-state index in [9.17, 15) is 0 Å². The number of hydrogen-bond acceptors (Lipinski definition) is 2. The predicted octanol–water partition coefficient (Wildman–Crippen LogP) is 1.58. The van der Waals surface area contributed by atoms with Gasteiger partial charge in [0.25, 0.3) is 0 Å². The van der Waals surface area contributed by atoms with Gasteiger partial charge in [-0.05, 0) is 0 Å². The van der Waals surface area contributed by atoms with Crippen LogP contribution in [0.5, 0.6) is 0 Å². The van der Waals surface area contributed by atoms with Crippen LogP contribution in [-0.2, 0) is 6.61 Å². The van der Waals surface area contributed by atoms with E-state index in [1.807, 2.05) is 43.5 Å². The molecular formula is C11H10BNO. The second-order valence-electron chi connectivity index (χ2n) is 3.10. The molecule has 0 radical (unpaired) electrons. The van der Waals surface area contributed by atoms with Crippen molar-refractivity contribution < 1.29 is 5.11 Å². The topological polar surface area (TPSA) is 33.1 Å². The Bertz CT molecular complexity index is 399. The summed E-state index contributed by atoms with van der Waals surface area (Å²) in [5, 5.41) is 8.89. The van der Waals surface area contributed by atoms with Crippen molar-refractivity contribution in [1.82, 2.24) is 4.89 Å². The van der Waals surface area contributed by atoms with Gasteiger partial charge in [0.2, 0.25) is 0 Å². The summed E-state index contributed by atoms with van der Waals surface area (Å²) in [5.74, 6) is 0. The van der Waals surface area contributed by atoms with Crippen molar-refractivity contribution in [2.45, 2.75) is 6.61 Å². The zero-order chi connectivity index (χ0) is 9.80. The van der Waals surface area contributed by atoms with Gasteiger partial charge in [0.15, 0.2) is 0 Å². The number of hydrogen-bond donors (Lipinski definition) is 1. The van der Waals surface area contributed by atoms with E-state index in [1.54, 1.807) is 6.20 Å². The fourth-order valence-electron chi connectivity index (χ4n) is 1.34. The molecule has 0 aliphatic heterocycles. The number of aliphatic hydroxyl groups excluding tert-OH is 1. The standard InChI is InChI=1S/C11H10BNO/c14-8-9-3-5-10(6-4-9)11-2-1-7-13-12-11/h1-7,14H,8H2. The third kappa shape index (κ3) is 1.88. The summed E-state index contributed by atoms with van der Waals surface area (Å²) >= 11 is 0. The molecule has 68 valence electrons. The predicted molar refractivity (Wildman–Crippen MR) is 56.9 cm³/mol. The van der Waals surface area contributed by atoms with Crippen LogP contribution in [-0.4, -0.2) is 17.1 Å². The third-order valence-electron chi connectivity index (χ3n) is 2.13. The maximum absolute atomic E-state index is 8.89. The zero-order valence-corrected chi connectivity index (χ0v) is 7.72. The molecule has 0 saturated heterocycles. The van der Waals surface area contributed by atoms with Crippen molar-refractivity contribution >= 4 is 7.05 Å². The fourth-order valence-corrected chi connectivity index (χ4v) is 1.34. The van der Waals surface area contributed by atoms with E-state index in [2.05, 4.69) is 4.89 Å². The molecule has 1 heterocycles. The van der Waals surface area contributed by atoms with Crippen molar-refractivity contribution in [3.05, 3.63) is 48.2 Å². The van der Waals surface area contributed by atoms with Gasteiger partial charge in [0.05, 0.1) is 0 Å². The molecular weight excluding hydrogens is 173 g/mol. The third-order valence-corrected chi connectivity index (χ3v) is 2.13. The number of aromatic nitrogens is 1. The van der Waals surface area contributed by atoms with E-state index in [4.69, 9.17) is 5.11 Å². The minimum absolute atomic E-state index is 0.0906. The van der Waals surface area contributed by atoms with E-state index in [0.717, 1.165) is 16.6 Å². The molecule has 2 aromatic rings. The molecule has 2 nitrogen and oxygen atoms in total. The zero-order valence-electron chi connectivity index (χ0n) is 7.72. The molecule has 0 atom stereocenters.